The predicted molar refractivity (Wildman–Crippen MR) is 122 cm³/mol. The van der Waals surface area contributed by atoms with Crippen LogP contribution in [0, 0.1) is 5.92 Å². The Morgan fingerprint density at radius 2 is 2.00 bits per heavy atom. The van der Waals surface area contributed by atoms with E-state index in [2.05, 4.69) is 22.3 Å². The van der Waals surface area contributed by atoms with Crippen LogP contribution in [0.25, 0.3) is 15.9 Å². The lowest BCUT2D eigenvalue weighted by Crippen LogP contribution is -2.28. The lowest BCUT2D eigenvalue weighted by molar-refractivity contribution is -0.117. The Bertz CT molecular complexity index is 1380. The maximum absolute atomic E-state index is 12.9. The first-order valence-electron chi connectivity index (χ1n) is 10.4. The van der Waals surface area contributed by atoms with E-state index in [0.717, 1.165) is 29.5 Å². The van der Waals surface area contributed by atoms with Crippen molar-refractivity contribution in [1.82, 2.24) is 19.2 Å². The van der Waals surface area contributed by atoms with E-state index in [9.17, 15) is 9.59 Å². The second kappa shape index (κ2) is 7.94. The minimum Gasteiger partial charge on any atom is -0.497 e. The summed E-state index contributed by atoms with van der Waals surface area (Å²) in [5.74, 6) is 1.37. The fraction of sp³-hybridized carbons (Fsp3) is 0.364. The van der Waals surface area contributed by atoms with Gasteiger partial charge in [0.2, 0.25) is 5.91 Å². The van der Waals surface area contributed by atoms with Crippen LogP contribution in [0.4, 0.5) is 5.69 Å². The third-order valence-corrected chi connectivity index (χ3v) is 6.97. The first kappa shape index (κ1) is 20.5. The average Bonchev–Trinajstić information content (AvgIpc) is 3.30. The molecule has 9 nitrogen and oxygen atoms in total. The number of carbonyl (C=O) groups excluding carboxylic acids is 1. The molecular weight excluding hydrogens is 430 g/mol. The van der Waals surface area contributed by atoms with Crippen LogP contribution in [0.3, 0.4) is 0 Å². The minimum absolute atomic E-state index is 0.217. The third kappa shape index (κ3) is 3.50. The van der Waals surface area contributed by atoms with E-state index in [4.69, 9.17) is 9.47 Å². The Labute approximate surface area is 187 Å². The number of amides is 1. The van der Waals surface area contributed by atoms with Gasteiger partial charge >= 0.3 is 5.69 Å². The number of benzene rings is 1. The number of fused-ring (bicyclic) bond motifs is 5. The van der Waals surface area contributed by atoms with Crippen molar-refractivity contribution in [3.05, 3.63) is 45.5 Å². The van der Waals surface area contributed by atoms with Gasteiger partial charge < -0.3 is 14.8 Å². The zero-order valence-electron chi connectivity index (χ0n) is 18.0. The molecule has 0 radical (unpaired) electrons. The normalized spacial score (nSPS) is 15.7. The molecular formula is C22H23N5O4S. The van der Waals surface area contributed by atoms with Gasteiger partial charge in [-0.25, -0.2) is 18.9 Å². The van der Waals surface area contributed by atoms with Gasteiger partial charge in [-0.3, -0.25) is 4.79 Å². The summed E-state index contributed by atoms with van der Waals surface area (Å²) in [5.41, 5.74) is 1.92. The number of nitrogens with zero attached hydrogens (tertiary/aromatic N) is 4. The molecule has 1 aliphatic rings. The highest BCUT2D eigenvalue weighted by Crippen LogP contribution is 2.38. The number of aryl methyl sites for hydroxylation is 1. The number of rotatable bonds is 5. The number of thiophene rings is 1. The van der Waals surface area contributed by atoms with E-state index in [0.29, 0.717) is 28.8 Å². The minimum atomic E-state index is -0.392. The predicted octanol–water partition coefficient (Wildman–Crippen LogP) is 2.89. The van der Waals surface area contributed by atoms with Gasteiger partial charge in [0.25, 0.3) is 0 Å². The standard InChI is InChI=1S/C22H23N5O4S/c1-12-4-5-16-17(6-12)32-21-19(16)20-25-27(22(29)26(20)11-23-21)10-18(28)24-13-7-14(30-2)9-15(8-13)31-3/h7-9,11-12H,4-6,10H2,1-3H3,(H,24,28). The van der Waals surface area contributed by atoms with Crippen molar-refractivity contribution in [3.8, 4) is 11.5 Å². The molecule has 3 aromatic heterocycles. The quantitative estimate of drug-likeness (QED) is 0.499. The second-order valence-electron chi connectivity index (χ2n) is 8.06. The summed E-state index contributed by atoms with van der Waals surface area (Å²) in [5, 5.41) is 8.23. The smallest absolute Gasteiger partial charge is 0.352 e. The molecule has 32 heavy (non-hydrogen) atoms. The van der Waals surface area contributed by atoms with Crippen molar-refractivity contribution < 1.29 is 14.3 Å². The summed E-state index contributed by atoms with van der Waals surface area (Å²) in [6, 6.07) is 5.07. The van der Waals surface area contributed by atoms with Gasteiger partial charge in [0.05, 0.1) is 19.6 Å². The molecule has 10 heteroatoms. The van der Waals surface area contributed by atoms with E-state index < -0.39 is 5.69 Å². The van der Waals surface area contributed by atoms with Crippen LogP contribution < -0.4 is 20.5 Å². The molecule has 1 unspecified atom stereocenters. The van der Waals surface area contributed by atoms with Crippen molar-refractivity contribution >= 4 is 38.8 Å². The van der Waals surface area contributed by atoms with Crippen LogP contribution >= 0.6 is 11.3 Å². The number of carbonyl (C=O) groups is 1. The second-order valence-corrected chi connectivity index (χ2v) is 9.14. The molecule has 3 heterocycles. The van der Waals surface area contributed by atoms with Crippen molar-refractivity contribution in [2.45, 2.75) is 32.7 Å². The zero-order chi connectivity index (χ0) is 22.4. The summed E-state index contributed by atoms with van der Waals surface area (Å²) in [7, 11) is 3.07. The number of anilines is 1. The van der Waals surface area contributed by atoms with Gasteiger partial charge in [-0.05, 0) is 30.7 Å². The maximum Gasteiger partial charge on any atom is 0.352 e. The Morgan fingerprint density at radius 3 is 2.72 bits per heavy atom. The highest BCUT2D eigenvalue weighted by Gasteiger charge is 2.24. The SMILES string of the molecule is COc1cc(NC(=O)Cn2nc3c4c5c(sc4ncn3c2=O)CC(C)CC5)cc(OC)c1. The molecule has 0 aliphatic heterocycles. The maximum atomic E-state index is 12.9. The molecule has 0 fully saturated rings. The lowest BCUT2D eigenvalue weighted by Gasteiger charge is -2.17. The van der Waals surface area contributed by atoms with Crippen LogP contribution in [0.1, 0.15) is 23.8 Å². The number of hydrogen-bond acceptors (Lipinski definition) is 7. The van der Waals surface area contributed by atoms with Gasteiger partial charge in [-0.2, -0.15) is 0 Å². The number of hydrogen-bond donors (Lipinski definition) is 1. The topological polar surface area (TPSA) is 99.7 Å². The fourth-order valence-corrected chi connectivity index (χ4v) is 5.53. The van der Waals surface area contributed by atoms with Gasteiger partial charge in [0.1, 0.15) is 29.2 Å². The third-order valence-electron chi connectivity index (χ3n) is 5.81. The van der Waals surface area contributed by atoms with Crippen LogP contribution in [0.15, 0.2) is 29.3 Å². The van der Waals surface area contributed by atoms with Gasteiger partial charge in [0, 0.05) is 28.8 Å². The number of aromatic nitrogens is 4. The molecule has 0 bridgehead atoms. The first-order valence-corrected chi connectivity index (χ1v) is 11.2. The Morgan fingerprint density at radius 1 is 1.25 bits per heavy atom. The van der Waals surface area contributed by atoms with E-state index >= 15 is 0 Å². The van der Waals surface area contributed by atoms with Gasteiger partial charge in [-0.15, -0.1) is 16.4 Å². The highest BCUT2D eigenvalue weighted by molar-refractivity contribution is 7.19. The van der Waals surface area contributed by atoms with Crippen molar-refractivity contribution in [2.75, 3.05) is 19.5 Å². The number of nitrogens with one attached hydrogen (secondary N) is 1. The van der Waals surface area contributed by atoms with Crippen LogP contribution in [0.2, 0.25) is 0 Å². The van der Waals surface area contributed by atoms with Gasteiger partial charge in [-0.1, -0.05) is 6.92 Å². The van der Waals surface area contributed by atoms with Crippen LogP contribution in [-0.4, -0.2) is 39.3 Å². The Hall–Kier alpha value is -3.40. The molecule has 1 N–H and O–H groups in total. The summed E-state index contributed by atoms with van der Waals surface area (Å²) in [6.07, 6.45) is 4.59. The summed E-state index contributed by atoms with van der Waals surface area (Å²) in [6.45, 7) is 2.04. The van der Waals surface area contributed by atoms with Crippen molar-refractivity contribution in [2.24, 2.45) is 5.92 Å². The highest BCUT2D eigenvalue weighted by atomic mass is 32.1. The summed E-state index contributed by atoms with van der Waals surface area (Å²) in [4.78, 5) is 32.3. The first-order chi connectivity index (χ1) is 15.5. The largest absolute Gasteiger partial charge is 0.497 e. The molecule has 0 saturated heterocycles. The molecule has 166 valence electrons. The number of ether oxygens (including phenoxy) is 2. The summed E-state index contributed by atoms with van der Waals surface area (Å²) < 4.78 is 13.1. The molecule has 1 amide bonds. The fourth-order valence-electron chi connectivity index (χ4n) is 4.18. The average molecular weight is 454 g/mol. The van der Waals surface area contributed by atoms with Gasteiger partial charge in [0.15, 0.2) is 5.65 Å². The monoisotopic (exact) mass is 453 g/mol. The van der Waals surface area contributed by atoms with Crippen LogP contribution in [0.5, 0.6) is 11.5 Å². The summed E-state index contributed by atoms with van der Waals surface area (Å²) >= 11 is 1.68. The molecule has 0 saturated carbocycles. The van der Waals surface area contributed by atoms with Crippen LogP contribution in [-0.2, 0) is 24.2 Å². The van der Waals surface area contributed by atoms with Crippen molar-refractivity contribution in [1.29, 1.82) is 0 Å². The van der Waals surface area contributed by atoms with Crippen molar-refractivity contribution in [3.63, 3.8) is 0 Å². The Kier molecular flexibility index (Phi) is 5.09. The molecule has 1 aliphatic carbocycles. The lowest BCUT2D eigenvalue weighted by atomic mass is 9.89. The van der Waals surface area contributed by atoms with E-state index in [-0.39, 0.29) is 12.5 Å². The van der Waals surface area contributed by atoms with E-state index in [1.54, 1.807) is 29.5 Å². The molecule has 4 aromatic rings. The molecule has 1 atom stereocenters. The van der Waals surface area contributed by atoms with E-state index in [1.165, 1.54) is 40.1 Å². The molecule has 5 rings (SSSR count). The molecule has 0 spiro atoms. The van der Waals surface area contributed by atoms with E-state index in [1.807, 2.05) is 0 Å². The zero-order valence-corrected chi connectivity index (χ0v) is 18.9. The number of methoxy groups -OCH3 is 2. The Balaban J connectivity index is 1.47. The molecule has 1 aromatic carbocycles.